The summed E-state index contributed by atoms with van der Waals surface area (Å²) in [7, 11) is 0. The molecule has 0 radical (unpaired) electrons. The molecule has 0 saturated carbocycles. The zero-order valence-corrected chi connectivity index (χ0v) is 14.6. The third-order valence-electron chi connectivity index (χ3n) is 3.50. The van der Waals surface area contributed by atoms with Gasteiger partial charge in [-0.1, -0.05) is 52.9 Å². The minimum absolute atomic E-state index is 0.266. The van der Waals surface area contributed by atoms with E-state index in [-0.39, 0.29) is 5.56 Å². The molecule has 2 unspecified atom stereocenters. The molecule has 1 rings (SSSR count). The Kier molecular flexibility index (Phi) is 6.52. The summed E-state index contributed by atoms with van der Waals surface area (Å²) in [5.74, 6) is -14.3. The van der Waals surface area contributed by atoms with E-state index >= 15 is 0 Å². The highest BCUT2D eigenvalue weighted by Crippen LogP contribution is 2.58. The van der Waals surface area contributed by atoms with Crippen LogP contribution >= 0.6 is 22.6 Å². The van der Waals surface area contributed by atoms with Crippen LogP contribution in [0.2, 0.25) is 0 Å². The predicted molar refractivity (Wildman–Crippen MR) is 78.4 cm³/mol. The van der Waals surface area contributed by atoms with E-state index in [4.69, 9.17) is 0 Å². The molecule has 2 atom stereocenters. The van der Waals surface area contributed by atoms with Crippen molar-refractivity contribution in [1.29, 1.82) is 0 Å². The van der Waals surface area contributed by atoms with Crippen molar-refractivity contribution in [3.63, 3.8) is 0 Å². The lowest BCUT2D eigenvalue weighted by molar-refractivity contribution is -0.412. The van der Waals surface area contributed by atoms with Crippen LogP contribution in [0.5, 0.6) is 0 Å². The molecule has 0 saturated heterocycles. The van der Waals surface area contributed by atoms with Crippen LogP contribution in [0, 0.1) is 0 Å². The summed E-state index contributed by atoms with van der Waals surface area (Å²) in [5.41, 5.74) is -5.82. The van der Waals surface area contributed by atoms with Gasteiger partial charge in [-0.15, -0.1) is 0 Å². The topological polar surface area (TPSA) is 0 Å². The third-order valence-corrected chi connectivity index (χ3v) is 4.38. The van der Waals surface area contributed by atoms with Crippen molar-refractivity contribution in [1.82, 2.24) is 0 Å². The van der Waals surface area contributed by atoms with Crippen LogP contribution < -0.4 is 0 Å². The summed E-state index contributed by atoms with van der Waals surface area (Å²) in [6.45, 7) is 0. The van der Waals surface area contributed by atoms with Gasteiger partial charge in [-0.2, -0.15) is 43.9 Å². The van der Waals surface area contributed by atoms with Crippen molar-refractivity contribution in [3.8, 4) is 0 Å². The quantitative estimate of drug-likeness (QED) is 0.230. The molecule has 0 aromatic heterocycles. The van der Waals surface area contributed by atoms with Gasteiger partial charge in [-0.05, 0) is 12.0 Å². The van der Waals surface area contributed by atoms with Crippen LogP contribution in [-0.4, -0.2) is 33.8 Å². The molecular weight excluding hydrogens is 504 g/mol. The zero-order chi connectivity index (χ0) is 20.6. The summed E-state index contributed by atoms with van der Waals surface area (Å²) < 4.78 is 141. The average molecular weight is 514 g/mol. The fraction of sp³-hybridized carbons (Fsp3) is 0.571. The molecule has 0 nitrogen and oxygen atoms in total. The minimum atomic E-state index is -7.21. The number of halogens is 12. The summed E-state index contributed by atoms with van der Waals surface area (Å²) >= 11 is 1.10. The van der Waals surface area contributed by atoms with Gasteiger partial charge in [0.05, 0.1) is 0 Å². The maximum absolute atomic E-state index is 14.2. The van der Waals surface area contributed by atoms with E-state index in [1.54, 1.807) is 0 Å². The van der Waals surface area contributed by atoms with Crippen molar-refractivity contribution in [2.45, 2.75) is 46.6 Å². The Balaban J connectivity index is 3.26. The lowest BCUT2D eigenvalue weighted by Gasteiger charge is -2.40. The van der Waals surface area contributed by atoms with Crippen molar-refractivity contribution >= 4 is 22.6 Å². The highest BCUT2D eigenvalue weighted by molar-refractivity contribution is 14.1. The Bertz CT molecular complexity index is 593. The first-order valence-corrected chi connectivity index (χ1v) is 7.98. The monoisotopic (exact) mass is 514 g/mol. The fourth-order valence-corrected chi connectivity index (χ4v) is 3.21. The van der Waals surface area contributed by atoms with Gasteiger partial charge in [0.2, 0.25) is 0 Å². The average Bonchev–Trinajstić information content (AvgIpc) is 2.45. The molecule has 0 aliphatic heterocycles. The van der Waals surface area contributed by atoms with E-state index in [1.807, 2.05) is 0 Å². The summed E-state index contributed by atoms with van der Waals surface area (Å²) in [6.07, 6.45) is -16.5. The number of alkyl halides is 12. The lowest BCUT2D eigenvalue weighted by atomic mass is 9.86. The van der Waals surface area contributed by atoms with E-state index in [0.717, 1.165) is 22.6 Å². The van der Waals surface area contributed by atoms with Crippen LogP contribution in [-0.2, 0) is 6.42 Å². The van der Waals surface area contributed by atoms with E-state index in [1.165, 1.54) is 30.3 Å². The van der Waals surface area contributed by atoms with Gasteiger partial charge in [0.25, 0.3) is 5.67 Å². The summed E-state index contributed by atoms with van der Waals surface area (Å²) in [5, 5.41) is 0. The second-order valence-electron chi connectivity index (χ2n) is 5.44. The molecule has 26 heavy (non-hydrogen) atoms. The highest BCUT2D eigenvalue weighted by Gasteiger charge is 2.86. The van der Waals surface area contributed by atoms with Crippen molar-refractivity contribution in [2.24, 2.45) is 0 Å². The first-order valence-electron chi connectivity index (χ1n) is 6.73. The Hall–Kier alpha value is -0.820. The number of hydrogen-bond donors (Lipinski definition) is 0. The van der Waals surface area contributed by atoms with Crippen molar-refractivity contribution < 1.29 is 48.3 Å². The Labute approximate surface area is 153 Å². The van der Waals surface area contributed by atoms with Crippen molar-refractivity contribution in [3.05, 3.63) is 35.9 Å². The Morgan fingerprint density at radius 1 is 0.692 bits per heavy atom. The number of benzene rings is 1. The molecule has 0 bridgehead atoms. The van der Waals surface area contributed by atoms with E-state index in [2.05, 4.69) is 0 Å². The molecule has 150 valence electrons. The highest BCUT2D eigenvalue weighted by atomic mass is 127. The second kappa shape index (κ2) is 7.30. The van der Waals surface area contributed by atoms with Crippen molar-refractivity contribution in [2.75, 3.05) is 0 Å². The van der Waals surface area contributed by atoms with Gasteiger partial charge in [-0.3, -0.25) is 0 Å². The lowest BCUT2D eigenvalue weighted by Crippen LogP contribution is -2.68. The van der Waals surface area contributed by atoms with Gasteiger partial charge in [0, 0.05) is 10.3 Å². The van der Waals surface area contributed by atoms with Gasteiger partial charge in [-0.25, -0.2) is 4.39 Å². The number of hydrogen-bond acceptors (Lipinski definition) is 0. The minimum Gasteiger partial charge on any atom is -0.227 e. The van der Waals surface area contributed by atoms with E-state index < -0.39 is 46.6 Å². The molecule has 1 aromatic rings. The SMILES string of the molecule is FC(F)(F)C(F)(F)C(F)(F)C(F)(CC(I)Cc1ccccc1)C(F)(F)F. The first kappa shape index (κ1) is 23.2. The van der Waals surface area contributed by atoms with Crippen LogP contribution in [0.3, 0.4) is 0 Å². The van der Waals surface area contributed by atoms with Gasteiger partial charge >= 0.3 is 24.2 Å². The zero-order valence-electron chi connectivity index (χ0n) is 12.4. The van der Waals surface area contributed by atoms with Gasteiger partial charge < -0.3 is 0 Å². The smallest absolute Gasteiger partial charge is 0.227 e. The maximum Gasteiger partial charge on any atom is 0.460 e. The molecule has 0 amide bonds. The normalized spacial score (nSPS) is 17.7. The maximum atomic E-state index is 14.2. The molecule has 0 N–H and O–H groups in total. The van der Waals surface area contributed by atoms with Gasteiger partial charge in [0.1, 0.15) is 0 Å². The molecular formula is C14H10F11I. The second-order valence-corrected chi connectivity index (χ2v) is 7.20. The summed E-state index contributed by atoms with van der Waals surface area (Å²) in [4.78, 5) is 0. The van der Waals surface area contributed by atoms with Crippen LogP contribution in [0.4, 0.5) is 48.3 Å². The first-order chi connectivity index (χ1) is 11.5. The molecule has 0 heterocycles. The Morgan fingerprint density at radius 2 is 1.15 bits per heavy atom. The molecule has 0 spiro atoms. The standard InChI is InChI=1S/C14H10F11I/c15-10(13(20,21)22,11(16,17)12(18,19)14(23,24)25)7-9(26)6-8-4-2-1-3-5-8/h1-5,9H,6-7H2. The number of rotatable bonds is 6. The van der Waals surface area contributed by atoms with E-state index in [9.17, 15) is 48.3 Å². The molecule has 12 heteroatoms. The fourth-order valence-electron chi connectivity index (χ4n) is 2.10. The largest absolute Gasteiger partial charge is 0.460 e. The third kappa shape index (κ3) is 4.19. The van der Waals surface area contributed by atoms with Crippen LogP contribution in [0.1, 0.15) is 12.0 Å². The molecule has 0 fully saturated rings. The molecule has 0 aliphatic rings. The summed E-state index contributed by atoms with van der Waals surface area (Å²) in [6, 6.07) is 7.07. The molecule has 0 aliphatic carbocycles. The Morgan fingerprint density at radius 3 is 1.54 bits per heavy atom. The van der Waals surface area contributed by atoms with Gasteiger partial charge in [0.15, 0.2) is 0 Å². The van der Waals surface area contributed by atoms with E-state index in [0.29, 0.717) is 0 Å². The van der Waals surface area contributed by atoms with Crippen LogP contribution in [0.25, 0.3) is 0 Å². The van der Waals surface area contributed by atoms with Crippen LogP contribution in [0.15, 0.2) is 30.3 Å². The molecule has 1 aromatic carbocycles. The predicted octanol–water partition coefficient (Wildman–Crippen LogP) is 6.53.